The topological polar surface area (TPSA) is 50.1 Å². The molecule has 2 aliphatic carbocycles. The van der Waals surface area contributed by atoms with E-state index < -0.39 is 23.5 Å². The highest BCUT2D eigenvalue weighted by Crippen LogP contribution is 2.45. The standard InChI is InChI=1S/C32H38F6N6/c1-20-26-11-6-5-10-23(26)16-27-28(12-7-13-43(29(20)27)18-21-8-3-4-9-21)44(30-39-41-42(2)40-30)19-22-14-24(31(33,34)35)17-25(15-22)32(36,37)38/h14-17,21,28H,3-13,18-19H2,1-2H3/t28-/m0/s1. The summed E-state index contributed by atoms with van der Waals surface area (Å²) in [6.07, 6.45) is 0.639. The van der Waals surface area contributed by atoms with Gasteiger partial charge in [0, 0.05) is 25.3 Å². The van der Waals surface area contributed by atoms with Crippen LogP contribution in [0.15, 0.2) is 24.3 Å². The number of benzene rings is 2. The van der Waals surface area contributed by atoms with Gasteiger partial charge >= 0.3 is 12.4 Å². The van der Waals surface area contributed by atoms with Crippen molar-refractivity contribution in [2.75, 3.05) is 22.9 Å². The van der Waals surface area contributed by atoms with E-state index in [0.717, 1.165) is 68.6 Å². The van der Waals surface area contributed by atoms with Gasteiger partial charge in [0.05, 0.1) is 24.2 Å². The second-order valence-electron chi connectivity index (χ2n) is 12.7. The molecule has 1 atom stereocenters. The maximum Gasteiger partial charge on any atom is 0.416 e. The Morgan fingerprint density at radius 2 is 1.55 bits per heavy atom. The van der Waals surface area contributed by atoms with Crippen molar-refractivity contribution in [3.8, 4) is 0 Å². The van der Waals surface area contributed by atoms with Crippen LogP contribution in [0.3, 0.4) is 0 Å². The third kappa shape index (κ3) is 6.26. The van der Waals surface area contributed by atoms with Crippen molar-refractivity contribution >= 4 is 11.6 Å². The van der Waals surface area contributed by atoms with E-state index in [1.54, 1.807) is 11.9 Å². The van der Waals surface area contributed by atoms with Gasteiger partial charge in [0.25, 0.3) is 5.95 Å². The summed E-state index contributed by atoms with van der Waals surface area (Å²) < 4.78 is 82.8. The van der Waals surface area contributed by atoms with E-state index in [4.69, 9.17) is 0 Å². The van der Waals surface area contributed by atoms with E-state index in [1.807, 2.05) is 0 Å². The first kappa shape index (κ1) is 30.7. The van der Waals surface area contributed by atoms with Gasteiger partial charge in [0.2, 0.25) is 0 Å². The van der Waals surface area contributed by atoms with Crippen molar-refractivity contribution < 1.29 is 26.3 Å². The second kappa shape index (κ2) is 11.9. The maximum atomic E-state index is 13.8. The zero-order chi connectivity index (χ0) is 31.2. The van der Waals surface area contributed by atoms with Gasteiger partial charge in [0.1, 0.15) is 0 Å². The molecule has 3 aromatic rings. The van der Waals surface area contributed by atoms with Crippen LogP contribution in [0.2, 0.25) is 0 Å². The van der Waals surface area contributed by atoms with Crippen molar-refractivity contribution in [1.82, 2.24) is 20.2 Å². The summed E-state index contributed by atoms with van der Waals surface area (Å²) in [5.41, 5.74) is 3.35. The largest absolute Gasteiger partial charge is 0.416 e. The van der Waals surface area contributed by atoms with E-state index in [0.29, 0.717) is 12.3 Å². The minimum atomic E-state index is -4.93. The molecule has 3 aliphatic rings. The first-order valence-corrected chi connectivity index (χ1v) is 15.6. The number of halogens is 6. The fourth-order valence-electron chi connectivity index (χ4n) is 7.58. The Balaban J connectivity index is 1.48. The average molecular weight is 621 g/mol. The van der Waals surface area contributed by atoms with Crippen LogP contribution in [0.4, 0.5) is 38.0 Å². The highest BCUT2D eigenvalue weighted by atomic mass is 19.4. The van der Waals surface area contributed by atoms with E-state index in [-0.39, 0.29) is 30.2 Å². The Bertz CT molecular complexity index is 1460. The van der Waals surface area contributed by atoms with Crippen LogP contribution in [-0.4, -0.2) is 33.3 Å². The number of hydrogen-bond acceptors (Lipinski definition) is 5. The van der Waals surface area contributed by atoms with Gasteiger partial charge in [-0.1, -0.05) is 24.0 Å². The monoisotopic (exact) mass is 620 g/mol. The molecule has 0 amide bonds. The summed E-state index contributed by atoms with van der Waals surface area (Å²) >= 11 is 0. The molecule has 1 fully saturated rings. The van der Waals surface area contributed by atoms with Gasteiger partial charge in [-0.2, -0.15) is 31.1 Å². The molecule has 0 spiro atoms. The van der Waals surface area contributed by atoms with Crippen LogP contribution in [0.25, 0.3) is 0 Å². The van der Waals surface area contributed by atoms with Crippen LogP contribution >= 0.6 is 0 Å². The van der Waals surface area contributed by atoms with Gasteiger partial charge in [-0.15, -0.1) is 5.10 Å². The molecule has 1 aliphatic heterocycles. The minimum Gasteiger partial charge on any atom is -0.371 e. The van der Waals surface area contributed by atoms with Crippen molar-refractivity contribution in [3.63, 3.8) is 0 Å². The van der Waals surface area contributed by atoms with Crippen molar-refractivity contribution in [2.45, 2.75) is 96.1 Å². The third-order valence-corrected chi connectivity index (χ3v) is 9.59. The lowest BCUT2D eigenvalue weighted by molar-refractivity contribution is -0.143. The van der Waals surface area contributed by atoms with Crippen LogP contribution in [0.1, 0.15) is 96.4 Å². The first-order valence-electron chi connectivity index (χ1n) is 15.6. The van der Waals surface area contributed by atoms with E-state index >= 15 is 0 Å². The highest BCUT2D eigenvalue weighted by Gasteiger charge is 2.38. The number of tetrazole rings is 1. The number of rotatable bonds is 6. The summed E-state index contributed by atoms with van der Waals surface area (Å²) in [5.74, 6) is 0.785. The zero-order valence-corrected chi connectivity index (χ0v) is 25.1. The van der Waals surface area contributed by atoms with E-state index in [1.165, 1.54) is 47.2 Å². The number of hydrogen-bond donors (Lipinski definition) is 0. The molecule has 6 nitrogen and oxygen atoms in total. The summed E-state index contributed by atoms with van der Waals surface area (Å²) in [6.45, 7) is 3.73. The molecule has 0 unspecified atom stereocenters. The highest BCUT2D eigenvalue weighted by molar-refractivity contribution is 5.67. The van der Waals surface area contributed by atoms with Crippen molar-refractivity contribution in [3.05, 3.63) is 63.2 Å². The minimum absolute atomic E-state index is 0.108. The van der Waals surface area contributed by atoms with Crippen LogP contribution < -0.4 is 9.80 Å². The molecule has 2 aromatic carbocycles. The lowest BCUT2D eigenvalue weighted by Crippen LogP contribution is -2.32. The molecule has 12 heteroatoms. The molecule has 0 N–H and O–H groups in total. The van der Waals surface area contributed by atoms with Gasteiger partial charge in [-0.3, -0.25) is 0 Å². The van der Waals surface area contributed by atoms with Crippen LogP contribution in [-0.2, 0) is 38.8 Å². The zero-order valence-electron chi connectivity index (χ0n) is 25.1. The molecule has 0 radical (unpaired) electrons. The summed E-state index contributed by atoms with van der Waals surface area (Å²) in [7, 11) is 1.59. The second-order valence-corrected chi connectivity index (χ2v) is 12.7. The molecule has 44 heavy (non-hydrogen) atoms. The normalized spacial score (nSPS) is 19.5. The Hall–Kier alpha value is -3.31. The summed E-state index contributed by atoms with van der Waals surface area (Å²) in [5, 5.41) is 12.6. The Labute approximate surface area is 253 Å². The quantitative estimate of drug-likeness (QED) is 0.262. The van der Waals surface area contributed by atoms with Crippen molar-refractivity contribution in [1.29, 1.82) is 0 Å². The molecule has 1 saturated carbocycles. The van der Waals surface area contributed by atoms with Crippen LogP contribution in [0, 0.1) is 12.8 Å². The fourth-order valence-corrected chi connectivity index (χ4v) is 7.58. The number of aryl methyl sites for hydroxylation is 2. The lowest BCUT2D eigenvalue weighted by Gasteiger charge is -2.36. The molecular formula is C32H38F6N6. The summed E-state index contributed by atoms with van der Waals surface area (Å²) in [6, 6.07) is 3.68. The number of alkyl halides is 6. The predicted octanol–water partition coefficient (Wildman–Crippen LogP) is 7.97. The smallest absolute Gasteiger partial charge is 0.371 e. The molecular weight excluding hydrogens is 582 g/mol. The van der Waals surface area contributed by atoms with Crippen LogP contribution in [0.5, 0.6) is 0 Å². The molecule has 238 valence electrons. The molecule has 0 bridgehead atoms. The van der Waals surface area contributed by atoms with Gasteiger partial charge in [-0.25, -0.2) is 0 Å². The first-order chi connectivity index (χ1) is 20.9. The lowest BCUT2D eigenvalue weighted by atomic mass is 9.83. The molecule has 1 aromatic heterocycles. The Kier molecular flexibility index (Phi) is 8.30. The van der Waals surface area contributed by atoms with Crippen molar-refractivity contribution in [2.24, 2.45) is 13.0 Å². The van der Waals surface area contributed by atoms with Gasteiger partial charge in [-0.05, 0) is 115 Å². The number of fused-ring (bicyclic) bond motifs is 2. The summed E-state index contributed by atoms with van der Waals surface area (Å²) in [4.78, 5) is 5.52. The molecule has 0 saturated heterocycles. The maximum absolute atomic E-state index is 13.8. The SMILES string of the molecule is Cc1c2c(cc3c1N(CC1CCCC1)CCC[C@@H]3N(Cc1cc(C(F)(F)F)cc(C(F)(F)F)c1)c1nnn(C)n1)CCCC2. The number of aromatic nitrogens is 4. The predicted molar refractivity (Wildman–Crippen MR) is 155 cm³/mol. The fraction of sp³-hybridized carbons (Fsp3) is 0.594. The molecule has 2 heterocycles. The number of nitrogens with zero attached hydrogens (tertiary/aromatic N) is 6. The average Bonchev–Trinajstić information content (AvgIpc) is 3.60. The molecule has 6 rings (SSSR count). The van der Waals surface area contributed by atoms with Gasteiger partial charge in [0.15, 0.2) is 0 Å². The Morgan fingerprint density at radius 3 is 2.18 bits per heavy atom. The Morgan fingerprint density at radius 1 is 0.864 bits per heavy atom. The number of anilines is 2. The van der Waals surface area contributed by atoms with Gasteiger partial charge < -0.3 is 9.80 Å². The third-order valence-electron chi connectivity index (χ3n) is 9.59. The van der Waals surface area contributed by atoms with E-state index in [2.05, 4.69) is 33.3 Å². The van der Waals surface area contributed by atoms with E-state index in [9.17, 15) is 26.3 Å².